The molecular formula is C40H41NO3. The van der Waals surface area contributed by atoms with E-state index in [4.69, 9.17) is 9.47 Å². The lowest BCUT2D eigenvalue weighted by Crippen LogP contribution is -2.33. The number of benzene rings is 5. The minimum atomic E-state index is -1.14. The summed E-state index contributed by atoms with van der Waals surface area (Å²) in [5.41, 5.74) is 5.22. The van der Waals surface area contributed by atoms with Crippen LogP contribution in [0.3, 0.4) is 0 Å². The molecule has 1 aliphatic heterocycles. The van der Waals surface area contributed by atoms with Crippen LogP contribution in [0.5, 0.6) is 5.75 Å². The van der Waals surface area contributed by atoms with Crippen LogP contribution in [-0.2, 0) is 29.0 Å². The number of aliphatic hydroxyl groups is 1. The average molecular weight is 584 g/mol. The number of hydrogen-bond acceptors (Lipinski definition) is 4. The first-order valence-electron chi connectivity index (χ1n) is 15.5. The summed E-state index contributed by atoms with van der Waals surface area (Å²) in [7, 11) is 4.14. The maximum Gasteiger partial charge on any atom is 0.143 e. The maximum absolute atomic E-state index is 12.5. The number of ether oxygens (including phenoxy) is 2. The summed E-state index contributed by atoms with van der Waals surface area (Å²) in [6.45, 7) is 1.82. The van der Waals surface area contributed by atoms with Crippen LogP contribution >= 0.6 is 0 Å². The second-order valence-corrected chi connectivity index (χ2v) is 11.9. The number of fused-ring (bicyclic) bond motifs is 2. The molecule has 1 atom stereocenters. The predicted octanol–water partition coefficient (Wildman–Crippen LogP) is 7.71. The molecule has 0 aliphatic carbocycles. The number of nitrogens with zero attached hydrogens (tertiary/aromatic N) is 1. The molecule has 0 fully saturated rings. The largest absolute Gasteiger partial charge is 0.488 e. The van der Waals surface area contributed by atoms with E-state index in [-0.39, 0.29) is 0 Å². The van der Waals surface area contributed by atoms with Crippen LogP contribution in [0.4, 0.5) is 0 Å². The summed E-state index contributed by atoms with van der Waals surface area (Å²) in [5, 5.41) is 12.5. The van der Waals surface area contributed by atoms with Gasteiger partial charge in [0, 0.05) is 5.56 Å². The van der Waals surface area contributed by atoms with Gasteiger partial charge in [0.25, 0.3) is 0 Å². The molecule has 0 saturated heterocycles. The molecule has 0 aromatic heterocycles. The summed E-state index contributed by atoms with van der Waals surface area (Å²) in [5.74, 6) is 0.741. The molecular weight excluding hydrogens is 542 g/mol. The normalized spacial score (nSPS) is 16.1. The van der Waals surface area contributed by atoms with Gasteiger partial charge in [-0.1, -0.05) is 121 Å². The van der Waals surface area contributed by atoms with Crippen molar-refractivity contribution in [2.45, 2.75) is 37.1 Å². The smallest absolute Gasteiger partial charge is 0.143 e. The van der Waals surface area contributed by atoms with Crippen molar-refractivity contribution in [2.75, 3.05) is 27.2 Å². The second-order valence-electron chi connectivity index (χ2n) is 11.9. The summed E-state index contributed by atoms with van der Waals surface area (Å²) in [4.78, 5) is 2.16. The van der Waals surface area contributed by atoms with Crippen LogP contribution in [-0.4, -0.2) is 37.3 Å². The SMILES string of the molecule is CN(C)CCCC1(O)c2ccccc2COc2ccc(CCOC(c3ccccc3)(c3ccccc3)c3ccccc3)cc21. The van der Waals surface area contributed by atoms with Crippen LogP contribution in [0.25, 0.3) is 0 Å². The highest BCUT2D eigenvalue weighted by Crippen LogP contribution is 2.44. The Morgan fingerprint density at radius 2 is 1.30 bits per heavy atom. The molecule has 5 aromatic rings. The first-order valence-corrected chi connectivity index (χ1v) is 15.5. The van der Waals surface area contributed by atoms with Gasteiger partial charge in [-0.3, -0.25) is 0 Å². The molecule has 0 amide bonds. The molecule has 0 bridgehead atoms. The minimum absolute atomic E-state index is 0.440. The maximum atomic E-state index is 12.5. The van der Waals surface area contributed by atoms with Gasteiger partial charge < -0.3 is 19.5 Å². The Kier molecular flexibility index (Phi) is 8.94. The Hall–Kier alpha value is -4.22. The van der Waals surface area contributed by atoms with Crippen LogP contribution in [0.2, 0.25) is 0 Å². The van der Waals surface area contributed by atoms with E-state index in [1.54, 1.807) is 0 Å². The molecule has 44 heavy (non-hydrogen) atoms. The van der Waals surface area contributed by atoms with Gasteiger partial charge >= 0.3 is 0 Å². The number of hydrogen-bond donors (Lipinski definition) is 1. The van der Waals surface area contributed by atoms with E-state index in [1.165, 1.54) is 0 Å². The molecule has 1 unspecified atom stereocenters. The molecule has 6 rings (SSSR count). The zero-order valence-electron chi connectivity index (χ0n) is 25.7. The summed E-state index contributed by atoms with van der Waals surface area (Å²) >= 11 is 0. The molecule has 4 heteroatoms. The Morgan fingerprint density at radius 1 is 0.727 bits per heavy atom. The topological polar surface area (TPSA) is 41.9 Å². The predicted molar refractivity (Wildman–Crippen MR) is 177 cm³/mol. The van der Waals surface area contributed by atoms with Crippen molar-refractivity contribution in [3.63, 3.8) is 0 Å². The quantitative estimate of drug-likeness (QED) is 0.162. The summed E-state index contributed by atoms with van der Waals surface area (Å²) in [6, 6.07) is 45.8. The molecule has 4 nitrogen and oxygen atoms in total. The average Bonchev–Trinajstić information content (AvgIpc) is 3.18. The van der Waals surface area contributed by atoms with Crippen LogP contribution in [0.1, 0.15) is 51.8 Å². The zero-order chi connectivity index (χ0) is 30.4. The second kappa shape index (κ2) is 13.2. The third kappa shape index (κ3) is 5.94. The summed E-state index contributed by atoms with van der Waals surface area (Å²) in [6.07, 6.45) is 2.15. The minimum Gasteiger partial charge on any atom is -0.488 e. The van der Waals surface area contributed by atoms with Gasteiger partial charge in [0.1, 0.15) is 23.6 Å². The van der Waals surface area contributed by atoms with E-state index in [2.05, 4.69) is 110 Å². The van der Waals surface area contributed by atoms with Crippen molar-refractivity contribution in [2.24, 2.45) is 0 Å². The van der Waals surface area contributed by atoms with E-state index < -0.39 is 11.2 Å². The molecule has 0 radical (unpaired) electrons. The monoisotopic (exact) mass is 583 g/mol. The fourth-order valence-corrected chi connectivity index (χ4v) is 6.54. The number of rotatable bonds is 11. The van der Waals surface area contributed by atoms with Gasteiger partial charge in [0.15, 0.2) is 0 Å². The molecule has 224 valence electrons. The van der Waals surface area contributed by atoms with Gasteiger partial charge in [-0.2, -0.15) is 0 Å². The third-order valence-electron chi connectivity index (χ3n) is 8.73. The van der Waals surface area contributed by atoms with Crippen molar-refractivity contribution in [3.05, 3.63) is 172 Å². The van der Waals surface area contributed by atoms with Crippen LogP contribution in [0.15, 0.2) is 133 Å². The molecule has 1 N–H and O–H groups in total. The highest BCUT2D eigenvalue weighted by Gasteiger charge is 2.39. The van der Waals surface area contributed by atoms with E-state index >= 15 is 0 Å². The van der Waals surface area contributed by atoms with Crippen molar-refractivity contribution < 1.29 is 14.6 Å². The summed E-state index contributed by atoms with van der Waals surface area (Å²) < 4.78 is 13.3. The first-order chi connectivity index (χ1) is 21.5. The van der Waals surface area contributed by atoms with E-state index in [9.17, 15) is 5.11 Å². The van der Waals surface area contributed by atoms with E-state index in [0.717, 1.165) is 57.7 Å². The van der Waals surface area contributed by atoms with Crippen LogP contribution in [0, 0.1) is 0 Å². The van der Waals surface area contributed by atoms with Crippen molar-refractivity contribution in [1.29, 1.82) is 0 Å². The Bertz CT molecular complexity index is 1560. The fraction of sp³-hybridized carbons (Fsp3) is 0.250. The highest BCUT2D eigenvalue weighted by atomic mass is 16.5. The van der Waals surface area contributed by atoms with Crippen molar-refractivity contribution in [3.8, 4) is 5.75 Å². The third-order valence-corrected chi connectivity index (χ3v) is 8.73. The van der Waals surface area contributed by atoms with Crippen molar-refractivity contribution in [1.82, 2.24) is 4.90 Å². The molecule has 5 aromatic carbocycles. The van der Waals surface area contributed by atoms with Gasteiger partial charge in [0.05, 0.1) is 6.61 Å². The van der Waals surface area contributed by atoms with Gasteiger partial charge in [-0.25, -0.2) is 0 Å². The molecule has 0 saturated carbocycles. The Balaban J connectivity index is 1.35. The zero-order valence-corrected chi connectivity index (χ0v) is 25.7. The van der Waals surface area contributed by atoms with Crippen LogP contribution < -0.4 is 4.74 Å². The van der Waals surface area contributed by atoms with E-state index in [1.807, 2.05) is 42.5 Å². The highest BCUT2D eigenvalue weighted by molar-refractivity contribution is 5.51. The standard InChI is InChI=1S/C40H41NO3/c1-41(2)27-14-26-39(42)36-22-13-12-15-32(36)30-43-38-24-23-31(29-37(38)39)25-28-44-40(33-16-6-3-7-17-33,34-18-8-4-9-19-34)35-20-10-5-11-21-35/h3-13,15-24,29,42H,14,25-28,30H2,1-2H3. The molecule has 1 heterocycles. The van der Waals surface area contributed by atoms with Crippen molar-refractivity contribution >= 4 is 0 Å². The fourth-order valence-electron chi connectivity index (χ4n) is 6.54. The van der Waals surface area contributed by atoms with Gasteiger partial charge in [-0.15, -0.1) is 0 Å². The lowest BCUT2D eigenvalue weighted by Gasteiger charge is -2.36. The van der Waals surface area contributed by atoms with E-state index in [0.29, 0.717) is 26.1 Å². The lowest BCUT2D eigenvalue weighted by molar-refractivity contribution is 0.0147. The first kappa shape index (κ1) is 29.8. The molecule has 1 aliphatic rings. The Morgan fingerprint density at radius 3 is 1.89 bits per heavy atom. The lowest BCUT2D eigenvalue weighted by atomic mass is 9.79. The molecule has 0 spiro atoms. The van der Waals surface area contributed by atoms with Gasteiger partial charge in [0.2, 0.25) is 0 Å². The Labute approximate surface area is 261 Å². The van der Waals surface area contributed by atoms with Gasteiger partial charge in [-0.05, 0) is 85.4 Å².